The van der Waals surface area contributed by atoms with Gasteiger partial charge in [-0.1, -0.05) is 0 Å². The van der Waals surface area contributed by atoms with Crippen molar-refractivity contribution in [2.24, 2.45) is 0 Å². The number of nitrogens with zero attached hydrogens (tertiary/aromatic N) is 4. The molecular formula is C15H24N4O4. The van der Waals surface area contributed by atoms with Crippen molar-refractivity contribution in [2.45, 2.75) is 59.3 Å². The predicted octanol–water partition coefficient (Wildman–Crippen LogP) is 1.82. The van der Waals surface area contributed by atoms with Gasteiger partial charge in [0.2, 0.25) is 5.91 Å². The number of hydrogen-bond donors (Lipinski definition) is 0. The van der Waals surface area contributed by atoms with E-state index in [-0.39, 0.29) is 29.7 Å². The lowest BCUT2D eigenvalue weighted by atomic mass is 10.1. The van der Waals surface area contributed by atoms with Crippen molar-refractivity contribution in [2.75, 3.05) is 13.1 Å². The molecule has 1 amide bonds. The highest BCUT2D eigenvalue weighted by Crippen LogP contribution is 2.23. The largest absolute Gasteiger partial charge is 0.369 e. The molecule has 0 radical (unpaired) electrons. The smallest absolute Gasteiger partial charge is 0.312 e. The Morgan fingerprint density at radius 1 is 1.48 bits per heavy atom. The summed E-state index contributed by atoms with van der Waals surface area (Å²) in [6.45, 7) is 10.6. The highest BCUT2D eigenvalue weighted by molar-refractivity contribution is 5.76. The number of carbonyl (C=O) groups is 1. The standard InChI is InChI=1S/C15H24N4O4/c1-10-8-17(9-15(4,5)23-10)13(20)6-7-18-12(3)14(19(21)22)11(2)16-18/h10H,6-9H2,1-5H3. The molecule has 8 nitrogen and oxygen atoms in total. The molecule has 0 aromatic carbocycles. The van der Waals surface area contributed by atoms with Crippen molar-refractivity contribution < 1.29 is 14.5 Å². The molecule has 8 heteroatoms. The molecule has 0 bridgehead atoms. The first-order valence-corrected chi connectivity index (χ1v) is 7.74. The number of nitro groups is 1. The minimum Gasteiger partial charge on any atom is -0.369 e. The molecular weight excluding hydrogens is 300 g/mol. The van der Waals surface area contributed by atoms with Gasteiger partial charge in [-0.3, -0.25) is 19.6 Å². The van der Waals surface area contributed by atoms with Crippen LogP contribution in [0.2, 0.25) is 0 Å². The first-order chi connectivity index (χ1) is 10.6. The van der Waals surface area contributed by atoms with Gasteiger partial charge in [0.05, 0.1) is 23.2 Å². The van der Waals surface area contributed by atoms with Gasteiger partial charge in [0.1, 0.15) is 11.4 Å². The molecule has 2 rings (SSSR count). The molecule has 1 atom stereocenters. The van der Waals surface area contributed by atoms with Crippen LogP contribution < -0.4 is 0 Å². The number of carbonyl (C=O) groups excluding carboxylic acids is 1. The van der Waals surface area contributed by atoms with E-state index in [1.165, 1.54) is 0 Å². The number of morpholine rings is 1. The first-order valence-electron chi connectivity index (χ1n) is 7.74. The van der Waals surface area contributed by atoms with Crippen LogP contribution in [-0.4, -0.2) is 50.3 Å². The third kappa shape index (κ3) is 3.87. The van der Waals surface area contributed by atoms with E-state index in [1.807, 2.05) is 20.8 Å². The Labute approximate surface area is 135 Å². The van der Waals surface area contributed by atoms with Crippen LogP contribution in [0.3, 0.4) is 0 Å². The van der Waals surface area contributed by atoms with Gasteiger partial charge in [-0.2, -0.15) is 5.10 Å². The summed E-state index contributed by atoms with van der Waals surface area (Å²) in [6.07, 6.45) is 0.263. The zero-order chi connectivity index (χ0) is 17.4. The van der Waals surface area contributed by atoms with Crippen molar-refractivity contribution in [3.8, 4) is 0 Å². The van der Waals surface area contributed by atoms with Crippen molar-refractivity contribution in [1.29, 1.82) is 0 Å². The Balaban J connectivity index is 2.02. The quantitative estimate of drug-likeness (QED) is 0.622. The lowest BCUT2D eigenvalue weighted by molar-refractivity contribution is -0.386. The molecule has 23 heavy (non-hydrogen) atoms. The Hall–Kier alpha value is -1.96. The molecule has 0 N–H and O–H groups in total. The van der Waals surface area contributed by atoms with Crippen LogP contribution >= 0.6 is 0 Å². The number of ether oxygens (including phenoxy) is 1. The Morgan fingerprint density at radius 2 is 2.13 bits per heavy atom. The van der Waals surface area contributed by atoms with Crippen molar-refractivity contribution >= 4 is 11.6 Å². The lowest BCUT2D eigenvalue weighted by Gasteiger charge is -2.41. The van der Waals surface area contributed by atoms with E-state index in [0.29, 0.717) is 31.0 Å². The lowest BCUT2D eigenvalue weighted by Crippen LogP contribution is -2.53. The fourth-order valence-electron chi connectivity index (χ4n) is 3.17. The average molecular weight is 324 g/mol. The number of aryl methyl sites for hydroxylation is 2. The van der Waals surface area contributed by atoms with E-state index in [4.69, 9.17) is 4.74 Å². The SMILES string of the molecule is Cc1nn(CCC(=O)N2CC(C)OC(C)(C)C2)c(C)c1[N+](=O)[O-]. The number of rotatable bonds is 4. The topological polar surface area (TPSA) is 90.5 Å². The third-order valence-electron chi connectivity index (χ3n) is 3.99. The maximum Gasteiger partial charge on any atom is 0.312 e. The Morgan fingerprint density at radius 3 is 2.65 bits per heavy atom. The summed E-state index contributed by atoms with van der Waals surface area (Å²) in [5.74, 6) is 0.0171. The van der Waals surface area contributed by atoms with Crippen LogP contribution in [0.1, 0.15) is 38.6 Å². The van der Waals surface area contributed by atoms with Gasteiger partial charge in [-0.15, -0.1) is 0 Å². The highest BCUT2D eigenvalue weighted by atomic mass is 16.6. The van der Waals surface area contributed by atoms with Gasteiger partial charge in [-0.05, 0) is 34.6 Å². The molecule has 0 saturated carbocycles. The van der Waals surface area contributed by atoms with E-state index in [9.17, 15) is 14.9 Å². The molecule has 1 saturated heterocycles. The van der Waals surface area contributed by atoms with E-state index in [0.717, 1.165) is 0 Å². The minimum atomic E-state index is -0.428. The van der Waals surface area contributed by atoms with E-state index < -0.39 is 4.92 Å². The summed E-state index contributed by atoms with van der Waals surface area (Å²) >= 11 is 0. The first kappa shape index (κ1) is 17.4. The minimum absolute atomic E-state index is 0.00234. The van der Waals surface area contributed by atoms with Crippen LogP contribution in [-0.2, 0) is 16.1 Å². The molecule has 0 spiro atoms. The van der Waals surface area contributed by atoms with Crippen molar-refractivity contribution in [3.05, 3.63) is 21.5 Å². The fourth-order valence-corrected chi connectivity index (χ4v) is 3.17. The van der Waals surface area contributed by atoms with Gasteiger partial charge in [0.15, 0.2) is 0 Å². The number of aromatic nitrogens is 2. The maximum absolute atomic E-state index is 12.4. The van der Waals surface area contributed by atoms with Crippen LogP contribution in [0.5, 0.6) is 0 Å². The molecule has 128 valence electrons. The van der Waals surface area contributed by atoms with E-state index in [1.54, 1.807) is 23.4 Å². The highest BCUT2D eigenvalue weighted by Gasteiger charge is 2.33. The zero-order valence-corrected chi connectivity index (χ0v) is 14.3. The summed E-state index contributed by atoms with van der Waals surface area (Å²) in [5, 5.41) is 15.2. The van der Waals surface area contributed by atoms with Gasteiger partial charge in [0.25, 0.3) is 0 Å². The van der Waals surface area contributed by atoms with E-state index >= 15 is 0 Å². The molecule has 0 aliphatic carbocycles. The Kier molecular flexibility index (Phi) is 4.74. The van der Waals surface area contributed by atoms with Gasteiger partial charge in [0, 0.05) is 19.5 Å². The second-order valence-electron chi connectivity index (χ2n) is 6.71. The fraction of sp³-hybridized carbons (Fsp3) is 0.733. The molecule has 1 aromatic rings. The van der Waals surface area contributed by atoms with Crippen LogP contribution in [0.25, 0.3) is 0 Å². The third-order valence-corrected chi connectivity index (χ3v) is 3.99. The molecule has 2 heterocycles. The zero-order valence-electron chi connectivity index (χ0n) is 14.3. The van der Waals surface area contributed by atoms with Crippen molar-refractivity contribution in [3.63, 3.8) is 0 Å². The van der Waals surface area contributed by atoms with E-state index in [2.05, 4.69) is 5.10 Å². The van der Waals surface area contributed by atoms with Gasteiger partial charge < -0.3 is 9.64 Å². The average Bonchev–Trinajstić information content (AvgIpc) is 2.68. The van der Waals surface area contributed by atoms with Crippen LogP contribution in [0, 0.1) is 24.0 Å². The number of hydrogen-bond acceptors (Lipinski definition) is 5. The number of amides is 1. The van der Waals surface area contributed by atoms with Crippen LogP contribution in [0.4, 0.5) is 5.69 Å². The summed E-state index contributed by atoms with van der Waals surface area (Å²) in [6, 6.07) is 0. The molecule has 1 fully saturated rings. The summed E-state index contributed by atoms with van der Waals surface area (Å²) in [7, 11) is 0. The second kappa shape index (κ2) is 6.27. The van der Waals surface area contributed by atoms with Gasteiger partial charge in [-0.25, -0.2) is 0 Å². The van der Waals surface area contributed by atoms with Crippen LogP contribution in [0.15, 0.2) is 0 Å². The van der Waals surface area contributed by atoms with Gasteiger partial charge >= 0.3 is 5.69 Å². The van der Waals surface area contributed by atoms with Crippen molar-refractivity contribution in [1.82, 2.24) is 14.7 Å². The monoisotopic (exact) mass is 324 g/mol. The Bertz CT molecular complexity index is 623. The summed E-state index contributed by atoms with van der Waals surface area (Å²) in [4.78, 5) is 24.8. The predicted molar refractivity (Wildman–Crippen MR) is 84.2 cm³/mol. The molecule has 1 aromatic heterocycles. The molecule has 1 aliphatic heterocycles. The molecule has 1 aliphatic rings. The summed E-state index contributed by atoms with van der Waals surface area (Å²) < 4.78 is 7.34. The second-order valence-corrected chi connectivity index (χ2v) is 6.71. The summed E-state index contributed by atoms with van der Waals surface area (Å²) in [5.41, 5.74) is 0.528. The maximum atomic E-state index is 12.4. The normalized spacial score (nSPS) is 20.6. The molecule has 1 unspecified atom stereocenters.